The molecular formula is C22H15BrN2O5. The van der Waals surface area contributed by atoms with Crippen LogP contribution >= 0.6 is 15.9 Å². The normalized spacial score (nSPS) is 12.2. The molecule has 0 bridgehead atoms. The number of ether oxygens (including phenoxy) is 3. The Morgan fingerprint density at radius 1 is 1.10 bits per heavy atom. The van der Waals surface area contributed by atoms with Crippen LogP contribution < -0.4 is 19.5 Å². The van der Waals surface area contributed by atoms with Gasteiger partial charge in [-0.15, -0.1) is 0 Å². The fourth-order valence-electron chi connectivity index (χ4n) is 3.12. The topological polar surface area (TPSA) is 82.8 Å². The molecule has 2 aromatic carbocycles. The molecule has 0 spiro atoms. The summed E-state index contributed by atoms with van der Waals surface area (Å²) in [5.41, 5.74) is 1.30. The second-order valence-corrected chi connectivity index (χ2v) is 7.37. The van der Waals surface area contributed by atoms with E-state index in [9.17, 15) is 4.79 Å². The summed E-state index contributed by atoms with van der Waals surface area (Å²) in [5.74, 6) is 2.30. The Bertz CT molecular complexity index is 1250. The van der Waals surface area contributed by atoms with Crippen molar-refractivity contribution in [3.05, 3.63) is 76.8 Å². The van der Waals surface area contributed by atoms with Gasteiger partial charge in [-0.1, -0.05) is 22.0 Å². The molecule has 0 aliphatic carbocycles. The average Bonchev–Trinajstić information content (AvgIpc) is 3.43. The number of carbonyl (C=O) groups excluding carboxylic acids is 1. The number of amides is 1. The largest absolute Gasteiger partial charge is 0.486 e. The summed E-state index contributed by atoms with van der Waals surface area (Å²) >= 11 is 3.50. The predicted octanol–water partition coefficient (Wildman–Crippen LogP) is 5.15. The van der Waals surface area contributed by atoms with Crippen molar-refractivity contribution >= 4 is 38.4 Å². The number of aromatic nitrogens is 1. The molecule has 8 heteroatoms. The van der Waals surface area contributed by atoms with Gasteiger partial charge in [0.2, 0.25) is 6.79 Å². The number of pyridine rings is 1. The Kier molecular flexibility index (Phi) is 4.76. The van der Waals surface area contributed by atoms with Gasteiger partial charge in [0.1, 0.15) is 18.1 Å². The maximum atomic E-state index is 12.6. The van der Waals surface area contributed by atoms with Gasteiger partial charge in [-0.05, 0) is 42.5 Å². The van der Waals surface area contributed by atoms with Crippen molar-refractivity contribution in [3.63, 3.8) is 0 Å². The van der Waals surface area contributed by atoms with E-state index >= 15 is 0 Å². The van der Waals surface area contributed by atoms with Crippen LogP contribution in [0.4, 0.5) is 5.69 Å². The molecule has 0 atom stereocenters. The molecule has 2 aromatic heterocycles. The minimum atomic E-state index is -0.362. The first kappa shape index (κ1) is 18.5. The third-order valence-corrected chi connectivity index (χ3v) is 5.27. The standard InChI is InChI=1S/C22H15BrN2O5/c23-16-5-6-17(21-15(16)2-1-9-24-21)25-22(26)19-8-4-14(30-19)11-27-13-3-7-18-20(10-13)29-12-28-18/h1-10H,11-12H2,(H,25,26). The molecule has 5 rings (SSSR count). The van der Waals surface area contributed by atoms with Crippen molar-refractivity contribution in [1.29, 1.82) is 0 Å². The highest BCUT2D eigenvalue weighted by molar-refractivity contribution is 9.10. The molecule has 0 unspecified atom stereocenters. The van der Waals surface area contributed by atoms with Crippen LogP contribution in [-0.2, 0) is 6.61 Å². The number of benzene rings is 2. The third-order valence-electron chi connectivity index (χ3n) is 4.58. The van der Waals surface area contributed by atoms with Crippen molar-refractivity contribution in [2.45, 2.75) is 6.61 Å². The number of hydrogen-bond acceptors (Lipinski definition) is 6. The second kappa shape index (κ2) is 7.72. The highest BCUT2D eigenvalue weighted by Crippen LogP contribution is 2.35. The highest BCUT2D eigenvalue weighted by atomic mass is 79.9. The second-order valence-electron chi connectivity index (χ2n) is 6.52. The minimum absolute atomic E-state index is 0.176. The van der Waals surface area contributed by atoms with Gasteiger partial charge < -0.3 is 23.9 Å². The van der Waals surface area contributed by atoms with Crippen molar-refractivity contribution < 1.29 is 23.4 Å². The first-order chi connectivity index (χ1) is 14.7. The number of nitrogens with zero attached hydrogens (tertiary/aromatic N) is 1. The molecule has 0 saturated heterocycles. The highest BCUT2D eigenvalue weighted by Gasteiger charge is 2.16. The fraction of sp³-hybridized carbons (Fsp3) is 0.0909. The van der Waals surface area contributed by atoms with E-state index in [0.717, 1.165) is 9.86 Å². The molecule has 0 fully saturated rings. The Labute approximate surface area is 179 Å². The molecule has 3 heterocycles. The molecule has 7 nitrogen and oxygen atoms in total. The summed E-state index contributed by atoms with van der Waals surface area (Å²) in [7, 11) is 0. The van der Waals surface area contributed by atoms with E-state index in [-0.39, 0.29) is 25.1 Å². The van der Waals surface area contributed by atoms with Crippen LogP contribution in [0.15, 0.2) is 69.7 Å². The van der Waals surface area contributed by atoms with E-state index in [2.05, 4.69) is 26.2 Å². The Morgan fingerprint density at radius 3 is 2.93 bits per heavy atom. The van der Waals surface area contributed by atoms with Gasteiger partial charge in [0.05, 0.1) is 11.2 Å². The molecule has 0 saturated carbocycles. The van der Waals surface area contributed by atoms with Gasteiger partial charge in [0.25, 0.3) is 5.91 Å². The van der Waals surface area contributed by atoms with Gasteiger partial charge >= 0.3 is 0 Å². The van der Waals surface area contributed by atoms with Crippen molar-refractivity contribution in [1.82, 2.24) is 4.98 Å². The monoisotopic (exact) mass is 466 g/mol. The van der Waals surface area contributed by atoms with Gasteiger partial charge in [-0.3, -0.25) is 9.78 Å². The lowest BCUT2D eigenvalue weighted by Gasteiger charge is -2.08. The lowest BCUT2D eigenvalue weighted by molar-refractivity contribution is 0.0992. The Morgan fingerprint density at radius 2 is 2.00 bits per heavy atom. The number of halogens is 1. The average molecular weight is 467 g/mol. The van der Waals surface area contributed by atoms with Crippen LogP contribution in [0.1, 0.15) is 16.3 Å². The number of rotatable bonds is 5. The summed E-state index contributed by atoms with van der Waals surface area (Å²) in [6.07, 6.45) is 1.68. The summed E-state index contributed by atoms with van der Waals surface area (Å²) in [5, 5.41) is 3.77. The van der Waals surface area contributed by atoms with E-state index in [0.29, 0.717) is 34.2 Å². The number of fused-ring (bicyclic) bond motifs is 2. The first-order valence-corrected chi connectivity index (χ1v) is 9.92. The van der Waals surface area contributed by atoms with Gasteiger partial charge in [-0.2, -0.15) is 0 Å². The first-order valence-electron chi connectivity index (χ1n) is 9.13. The molecule has 1 aliphatic heterocycles. The van der Waals surface area contributed by atoms with Crippen LogP contribution in [0.25, 0.3) is 10.9 Å². The van der Waals surface area contributed by atoms with Crippen molar-refractivity contribution in [3.8, 4) is 17.2 Å². The molecule has 4 aromatic rings. The fourth-order valence-corrected chi connectivity index (χ4v) is 3.57. The van der Waals surface area contributed by atoms with E-state index in [1.807, 2.05) is 18.2 Å². The zero-order chi connectivity index (χ0) is 20.5. The van der Waals surface area contributed by atoms with Crippen LogP contribution in [0.3, 0.4) is 0 Å². The Hall–Kier alpha value is -3.52. The lowest BCUT2D eigenvalue weighted by atomic mass is 10.2. The number of anilines is 1. The van der Waals surface area contributed by atoms with Crippen molar-refractivity contribution in [2.24, 2.45) is 0 Å². The molecule has 1 N–H and O–H groups in total. The van der Waals surface area contributed by atoms with Crippen LogP contribution in [0, 0.1) is 0 Å². The smallest absolute Gasteiger partial charge is 0.291 e. The van der Waals surface area contributed by atoms with E-state index in [1.54, 1.807) is 42.6 Å². The maximum Gasteiger partial charge on any atom is 0.291 e. The summed E-state index contributed by atoms with van der Waals surface area (Å²) in [6.45, 7) is 0.383. The number of nitrogens with one attached hydrogen (secondary N) is 1. The zero-order valence-corrected chi connectivity index (χ0v) is 17.1. The SMILES string of the molecule is O=C(Nc1ccc(Br)c2cccnc12)c1ccc(COc2ccc3c(c2)OCO3)o1. The summed E-state index contributed by atoms with van der Waals surface area (Å²) in [6, 6.07) is 16.1. The van der Waals surface area contributed by atoms with Crippen molar-refractivity contribution in [2.75, 3.05) is 12.1 Å². The van der Waals surface area contributed by atoms with Gasteiger partial charge in [0, 0.05) is 22.1 Å². The van der Waals surface area contributed by atoms with Gasteiger partial charge in [0.15, 0.2) is 17.3 Å². The number of hydrogen-bond donors (Lipinski definition) is 1. The van der Waals surface area contributed by atoms with E-state index in [1.165, 1.54) is 0 Å². The third kappa shape index (κ3) is 3.57. The predicted molar refractivity (Wildman–Crippen MR) is 113 cm³/mol. The number of furan rings is 1. The van der Waals surface area contributed by atoms with E-state index in [4.69, 9.17) is 18.6 Å². The molecule has 1 aliphatic rings. The van der Waals surface area contributed by atoms with Crippen LogP contribution in [0.2, 0.25) is 0 Å². The number of carbonyl (C=O) groups is 1. The summed E-state index contributed by atoms with van der Waals surface area (Å²) in [4.78, 5) is 17.0. The van der Waals surface area contributed by atoms with E-state index < -0.39 is 0 Å². The van der Waals surface area contributed by atoms with Gasteiger partial charge in [-0.25, -0.2) is 0 Å². The molecule has 0 radical (unpaired) electrons. The zero-order valence-electron chi connectivity index (χ0n) is 15.6. The molecule has 1 amide bonds. The summed E-state index contributed by atoms with van der Waals surface area (Å²) < 4.78 is 22.9. The van der Waals surface area contributed by atoms with Crippen LogP contribution in [-0.4, -0.2) is 17.7 Å². The minimum Gasteiger partial charge on any atom is -0.486 e. The quantitative estimate of drug-likeness (QED) is 0.437. The maximum absolute atomic E-state index is 12.6. The Balaban J connectivity index is 1.27. The molecular weight excluding hydrogens is 452 g/mol. The lowest BCUT2D eigenvalue weighted by Crippen LogP contribution is -2.11. The molecule has 30 heavy (non-hydrogen) atoms. The molecule has 150 valence electrons. The van der Waals surface area contributed by atoms with Crippen LogP contribution in [0.5, 0.6) is 17.2 Å².